The molecular formula is C3H8O5S3. The van der Waals surface area contributed by atoms with Gasteiger partial charge in [0.15, 0.2) is 0 Å². The monoisotopic (exact) mass is 220 g/mol. The zero-order valence-electron chi connectivity index (χ0n) is 5.72. The molecule has 0 atom stereocenters. The summed E-state index contributed by atoms with van der Waals surface area (Å²) >= 11 is 0. The molecule has 0 aliphatic carbocycles. The summed E-state index contributed by atoms with van der Waals surface area (Å²) < 4.78 is 49.6. The summed E-state index contributed by atoms with van der Waals surface area (Å²) in [6, 6.07) is 0. The Morgan fingerprint density at radius 2 is 1.64 bits per heavy atom. The molecule has 0 saturated carbocycles. The van der Waals surface area contributed by atoms with Crippen LogP contribution in [-0.2, 0) is 19.0 Å². The number of hydrogen-bond acceptors (Lipinski definition) is 5. The highest BCUT2D eigenvalue weighted by Crippen LogP contribution is 2.07. The average molecular weight is 220 g/mol. The smallest absolute Gasteiger partial charge is 0.265 e. The summed E-state index contributed by atoms with van der Waals surface area (Å²) in [5.41, 5.74) is 0. The molecule has 0 amide bonds. The van der Waals surface area contributed by atoms with Gasteiger partial charge in [-0.2, -0.15) is 8.42 Å². The van der Waals surface area contributed by atoms with E-state index in [1.54, 1.807) is 0 Å². The fourth-order valence-corrected chi connectivity index (χ4v) is 3.23. The van der Waals surface area contributed by atoms with Gasteiger partial charge in [0.1, 0.15) is 0 Å². The second-order valence-corrected chi connectivity index (χ2v) is 7.67. The lowest BCUT2D eigenvalue weighted by Gasteiger charge is -1.96. The Bertz CT molecular complexity index is 298. The van der Waals surface area contributed by atoms with Crippen LogP contribution < -0.4 is 0 Å². The van der Waals surface area contributed by atoms with Crippen LogP contribution in [0.15, 0.2) is 0 Å². The van der Waals surface area contributed by atoms with Crippen LogP contribution in [0.4, 0.5) is 0 Å². The van der Waals surface area contributed by atoms with Gasteiger partial charge in [-0.05, 0) is 17.0 Å². The molecule has 0 fully saturated rings. The third-order valence-electron chi connectivity index (χ3n) is 0.845. The van der Waals surface area contributed by atoms with E-state index in [1.807, 2.05) is 0 Å². The lowest BCUT2D eigenvalue weighted by Crippen LogP contribution is -2.13. The molecule has 0 unspecified atom stereocenters. The van der Waals surface area contributed by atoms with Gasteiger partial charge in [0, 0.05) is 0 Å². The zero-order valence-corrected chi connectivity index (χ0v) is 8.17. The molecule has 11 heavy (non-hydrogen) atoms. The molecule has 5 nitrogen and oxygen atoms in total. The summed E-state index contributed by atoms with van der Waals surface area (Å²) in [7, 11) is -6.97. The molecule has 0 spiro atoms. The standard InChI is InChI=1S/C3H8O5S3/c1-9-11(7,8)3-2-10(4,5)6/h2-3H2,1H3,(H,4,5,6). The lowest BCUT2D eigenvalue weighted by molar-refractivity contribution is 0.484. The predicted molar refractivity (Wildman–Crippen MR) is 43.7 cm³/mol. The Labute approximate surface area is 69.2 Å². The summed E-state index contributed by atoms with van der Waals surface area (Å²) in [4.78, 5) is 0. The van der Waals surface area contributed by atoms with Gasteiger partial charge in [0.05, 0.1) is 11.5 Å². The first-order chi connectivity index (χ1) is 4.77. The van der Waals surface area contributed by atoms with E-state index in [0.717, 1.165) is 0 Å². The van der Waals surface area contributed by atoms with Crippen LogP contribution in [0.1, 0.15) is 0 Å². The summed E-state index contributed by atoms with van der Waals surface area (Å²) in [5.74, 6) is -1.29. The number of hydrogen-bond donors (Lipinski definition) is 1. The molecule has 0 aromatic carbocycles. The molecule has 8 heteroatoms. The van der Waals surface area contributed by atoms with Crippen LogP contribution in [0.25, 0.3) is 0 Å². The molecule has 0 aromatic rings. The molecule has 0 aliphatic heterocycles. The predicted octanol–water partition coefficient (Wildman–Crippen LogP) is -0.433. The van der Waals surface area contributed by atoms with Crippen LogP contribution in [0.3, 0.4) is 0 Å². The zero-order chi connectivity index (χ0) is 9.12. The van der Waals surface area contributed by atoms with Crippen molar-refractivity contribution in [3.8, 4) is 0 Å². The molecule has 68 valence electrons. The SMILES string of the molecule is CSS(=O)(=O)CCS(=O)(=O)O. The van der Waals surface area contributed by atoms with Gasteiger partial charge in [-0.15, -0.1) is 0 Å². The molecule has 0 bridgehead atoms. The largest absolute Gasteiger partial charge is 0.286 e. The van der Waals surface area contributed by atoms with Crippen molar-refractivity contribution in [2.75, 3.05) is 17.8 Å². The van der Waals surface area contributed by atoms with Crippen molar-refractivity contribution >= 4 is 29.8 Å². The van der Waals surface area contributed by atoms with Crippen molar-refractivity contribution in [3.05, 3.63) is 0 Å². The van der Waals surface area contributed by atoms with Crippen molar-refractivity contribution < 1.29 is 21.4 Å². The maximum atomic E-state index is 10.6. The molecule has 0 aromatic heterocycles. The van der Waals surface area contributed by atoms with E-state index < -0.39 is 30.5 Å². The van der Waals surface area contributed by atoms with Crippen LogP contribution in [-0.4, -0.2) is 39.1 Å². The van der Waals surface area contributed by atoms with Crippen molar-refractivity contribution in [2.24, 2.45) is 0 Å². The van der Waals surface area contributed by atoms with Crippen molar-refractivity contribution in [1.82, 2.24) is 0 Å². The van der Waals surface area contributed by atoms with E-state index >= 15 is 0 Å². The van der Waals surface area contributed by atoms with E-state index in [2.05, 4.69) is 0 Å². The van der Waals surface area contributed by atoms with Gasteiger partial charge in [-0.1, -0.05) is 0 Å². The summed E-state index contributed by atoms with van der Waals surface area (Å²) in [6.07, 6.45) is 1.33. The Morgan fingerprint density at radius 1 is 1.18 bits per heavy atom. The fraction of sp³-hybridized carbons (Fsp3) is 1.00. The third kappa shape index (κ3) is 6.60. The van der Waals surface area contributed by atoms with E-state index in [-0.39, 0.29) is 0 Å². The minimum absolute atomic E-state index is 0.549. The summed E-state index contributed by atoms with van der Waals surface area (Å²) in [6.45, 7) is 0. The van der Waals surface area contributed by atoms with Crippen LogP contribution in [0.5, 0.6) is 0 Å². The molecule has 1 N–H and O–H groups in total. The first kappa shape index (κ1) is 11.2. The Kier molecular flexibility index (Phi) is 3.82. The second kappa shape index (κ2) is 3.74. The first-order valence-electron chi connectivity index (χ1n) is 2.50. The van der Waals surface area contributed by atoms with Crippen molar-refractivity contribution in [1.29, 1.82) is 0 Å². The maximum Gasteiger partial charge on any atom is 0.265 e. The Balaban J connectivity index is 4.13. The van der Waals surface area contributed by atoms with Crippen molar-refractivity contribution in [2.45, 2.75) is 0 Å². The van der Waals surface area contributed by atoms with Gasteiger partial charge in [-0.25, -0.2) is 8.42 Å². The highest BCUT2D eigenvalue weighted by molar-refractivity contribution is 8.71. The first-order valence-corrected chi connectivity index (χ1v) is 7.50. The van der Waals surface area contributed by atoms with Gasteiger partial charge in [0.25, 0.3) is 10.1 Å². The van der Waals surface area contributed by atoms with E-state index in [9.17, 15) is 16.8 Å². The van der Waals surface area contributed by atoms with E-state index in [0.29, 0.717) is 10.8 Å². The van der Waals surface area contributed by atoms with Gasteiger partial charge < -0.3 is 0 Å². The maximum absolute atomic E-state index is 10.6. The normalized spacial score (nSPS) is 13.3. The lowest BCUT2D eigenvalue weighted by atomic mass is 11.0. The van der Waals surface area contributed by atoms with Gasteiger partial charge in [-0.3, -0.25) is 4.55 Å². The average Bonchev–Trinajstić information content (AvgIpc) is 1.83. The minimum Gasteiger partial charge on any atom is -0.286 e. The number of rotatable bonds is 4. The molecular weight excluding hydrogens is 212 g/mol. The molecule has 0 radical (unpaired) electrons. The minimum atomic E-state index is -4.16. The Hall–Kier alpha value is 0.210. The van der Waals surface area contributed by atoms with Gasteiger partial charge in [0.2, 0.25) is 8.87 Å². The Morgan fingerprint density at radius 3 is 1.91 bits per heavy atom. The summed E-state index contributed by atoms with van der Waals surface area (Å²) in [5, 5.41) is 0. The third-order valence-corrected chi connectivity index (χ3v) is 5.06. The van der Waals surface area contributed by atoms with Crippen LogP contribution in [0, 0.1) is 0 Å². The van der Waals surface area contributed by atoms with E-state index in [4.69, 9.17) is 4.55 Å². The topological polar surface area (TPSA) is 88.5 Å². The highest BCUT2D eigenvalue weighted by Gasteiger charge is 2.13. The van der Waals surface area contributed by atoms with Crippen LogP contribution in [0.2, 0.25) is 0 Å². The van der Waals surface area contributed by atoms with Crippen LogP contribution >= 0.6 is 10.8 Å². The molecule has 0 heterocycles. The van der Waals surface area contributed by atoms with Gasteiger partial charge >= 0.3 is 0 Å². The molecule has 0 rings (SSSR count). The fourth-order valence-electron chi connectivity index (χ4n) is 0.291. The highest BCUT2D eigenvalue weighted by atomic mass is 33.1. The molecule has 0 aliphatic rings. The second-order valence-electron chi connectivity index (χ2n) is 1.71. The van der Waals surface area contributed by atoms with Crippen molar-refractivity contribution in [3.63, 3.8) is 0 Å². The van der Waals surface area contributed by atoms with E-state index in [1.165, 1.54) is 6.26 Å². The quantitative estimate of drug-likeness (QED) is 0.510. The molecule has 0 saturated heterocycles.